The topological polar surface area (TPSA) is 56.2 Å². The van der Waals surface area contributed by atoms with Gasteiger partial charge in [-0.05, 0) is 61.6 Å². The number of nitrogens with one attached hydrogen (secondary N) is 1. The first kappa shape index (κ1) is 22.6. The molecule has 0 radical (unpaired) electrons. The Balaban J connectivity index is 1.56. The molecule has 1 aromatic heterocycles. The molecule has 0 saturated heterocycles. The lowest BCUT2D eigenvalue weighted by molar-refractivity contribution is -0.116. The van der Waals surface area contributed by atoms with Gasteiger partial charge in [0.25, 0.3) is 0 Å². The number of aromatic nitrogens is 2. The molecule has 164 valence electrons. The molecule has 1 N–H and O–H groups in total. The minimum Gasteiger partial charge on any atom is -0.494 e. The minimum atomic E-state index is -0.0467. The van der Waals surface area contributed by atoms with Crippen LogP contribution in [0.4, 0.5) is 0 Å². The van der Waals surface area contributed by atoms with E-state index in [9.17, 15) is 4.79 Å². The van der Waals surface area contributed by atoms with E-state index in [1.807, 2.05) is 19.1 Å². The maximum Gasteiger partial charge on any atom is 0.243 e. The minimum absolute atomic E-state index is 0.0467. The summed E-state index contributed by atoms with van der Waals surface area (Å²) >= 11 is 0. The molecule has 0 fully saturated rings. The van der Waals surface area contributed by atoms with Crippen LogP contribution in [0.25, 0.3) is 11.0 Å². The first-order chi connectivity index (χ1) is 15.1. The van der Waals surface area contributed by atoms with Crippen LogP contribution in [0.3, 0.4) is 0 Å². The summed E-state index contributed by atoms with van der Waals surface area (Å²) in [6.07, 6.45) is 5.87. The number of carbonyl (C=O) groups is 1. The predicted octanol–water partition coefficient (Wildman–Crippen LogP) is 5.25. The third-order valence-corrected chi connectivity index (χ3v) is 5.27. The van der Waals surface area contributed by atoms with Gasteiger partial charge < -0.3 is 14.6 Å². The number of imidazole rings is 1. The molecule has 1 heterocycles. The number of allylic oxidation sites excluding steroid dienone is 1. The van der Waals surface area contributed by atoms with Gasteiger partial charge in [-0.15, -0.1) is 0 Å². The van der Waals surface area contributed by atoms with Crippen molar-refractivity contribution in [3.05, 3.63) is 72.1 Å². The Kier molecular flexibility index (Phi) is 8.27. The number of rotatable bonds is 11. The summed E-state index contributed by atoms with van der Waals surface area (Å²) in [5, 5.41) is 2.91. The molecule has 0 atom stereocenters. The molecular formula is C26H33N3O2. The quantitative estimate of drug-likeness (QED) is 0.341. The fourth-order valence-electron chi connectivity index (χ4n) is 3.60. The Bertz CT molecular complexity index is 1000. The van der Waals surface area contributed by atoms with Crippen molar-refractivity contribution < 1.29 is 9.53 Å². The van der Waals surface area contributed by atoms with E-state index in [4.69, 9.17) is 9.72 Å². The molecule has 0 unspecified atom stereocenters. The van der Waals surface area contributed by atoms with Crippen LogP contribution in [0, 0.1) is 0 Å². The number of para-hydroxylation sites is 2. The number of hydrogen-bond donors (Lipinski definition) is 1. The highest BCUT2D eigenvalue weighted by Gasteiger charge is 2.10. The summed E-state index contributed by atoms with van der Waals surface area (Å²) in [7, 11) is 0. The van der Waals surface area contributed by atoms with Gasteiger partial charge in [-0.25, -0.2) is 4.98 Å². The summed E-state index contributed by atoms with van der Waals surface area (Å²) in [5.74, 6) is 2.45. The van der Waals surface area contributed by atoms with Crippen molar-refractivity contribution in [3.8, 4) is 5.75 Å². The molecule has 0 spiro atoms. The lowest BCUT2D eigenvalue weighted by Gasteiger charge is -2.11. The predicted molar refractivity (Wildman–Crippen MR) is 127 cm³/mol. The van der Waals surface area contributed by atoms with Crippen LogP contribution < -0.4 is 10.1 Å². The number of fused-ring (bicyclic) bond motifs is 1. The van der Waals surface area contributed by atoms with E-state index in [2.05, 4.69) is 60.1 Å². The molecule has 0 aliphatic carbocycles. The lowest BCUT2D eigenvalue weighted by Crippen LogP contribution is -2.22. The van der Waals surface area contributed by atoms with Gasteiger partial charge in [0, 0.05) is 19.5 Å². The summed E-state index contributed by atoms with van der Waals surface area (Å²) in [4.78, 5) is 16.4. The fourth-order valence-corrected chi connectivity index (χ4v) is 3.60. The number of ether oxygens (including phenoxy) is 1. The third kappa shape index (κ3) is 6.45. The Morgan fingerprint density at radius 3 is 2.65 bits per heavy atom. The van der Waals surface area contributed by atoms with Crippen molar-refractivity contribution in [3.63, 3.8) is 0 Å². The number of benzene rings is 2. The normalized spacial score (nSPS) is 11.5. The molecule has 0 aliphatic rings. The molecular weight excluding hydrogens is 386 g/mol. The zero-order chi connectivity index (χ0) is 22.1. The average Bonchev–Trinajstić information content (AvgIpc) is 3.12. The zero-order valence-electron chi connectivity index (χ0n) is 18.8. The number of nitrogens with zero attached hydrogens (tertiary/aromatic N) is 2. The van der Waals surface area contributed by atoms with Gasteiger partial charge in [-0.3, -0.25) is 4.79 Å². The van der Waals surface area contributed by atoms with Crippen molar-refractivity contribution in [1.29, 1.82) is 0 Å². The van der Waals surface area contributed by atoms with Crippen molar-refractivity contribution in [2.24, 2.45) is 0 Å². The van der Waals surface area contributed by atoms with E-state index in [0.29, 0.717) is 19.1 Å². The Morgan fingerprint density at radius 1 is 1.13 bits per heavy atom. The molecule has 0 aliphatic heterocycles. The first-order valence-corrected chi connectivity index (χ1v) is 11.2. The molecule has 0 saturated carbocycles. The molecule has 0 bridgehead atoms. The fraction of sp³-hybridized carbons (Fsp3) is 0.385. The van der Waals surface area contributed by atoms with Gasteiger partial charge in [0.05, 0.1) is 17.6 Å². The second kappa shape index (κ2) is 11.3. The largest absolute Gasteiger partial charge is 0.494 e. The van der Waals surface area contributed by atoms with E-state index in [1.165, 1.54) is 5.56 Å². The van der Waals surface area contributed by atoms with E-state index in [0.717, 1.165) is 48.4 Å². The number of aryl methyl sites for hydroxylation is 2. The summed E-state index contributed by atoms with van der Waals surface area (Å²) in [6, 6.07) is 16.6. The van der Waals surface area contributed by atoms with Crippen molar-refractivity contribution >= 4 is 16.9 Å². The standard InChI is InChI=1S/C26H33N3O2/c1-4-9-26(30)27-17-7-12-25-28-23-10-5-6-11-24(23)29(25)18-8-19-31-22-15-13-21(14-16-22)20(2)3/h4-6,9-11,13-16,20H,7-8,12,17-19H2,1-3H3,(H,27,30)/b9-4-. The Labute approximate surface area is 185 Å². The van der Waals surface area contributed by atoms with E-state index >= 15 is 0 Å². The summed E-state index contributed by atoms with van der Waals surface area (Å²) in [6.45, 7) is 8.38. The monoisotopic (exact) mass is 419 g/mol. The summed E-state index contributed by atoms with van der Waals surface area (Å²) < 4.78 is 8.24. The van der Waals surface area contributed by atoms with Crippen LogP contribution in [0.5, 0.6) is 5.75 Å². The summed E-state index contributed by atoms with van der Waals surface area (Å²) in [5.41, 5.74) is 3.49. The molecule has 5 heteroatoms. The van der Waals surface area contributed by atoms with Gasteiger partial charge in [-0.1, -0.05) is 44.2 Å². The van der Waals surface area contributed by atoms with Gasteiger partial charge >= 0.3 is 0 Å². The molecule has 2 aromatic carbocycles. The smallest absolute Gasteiger partial charge is 0.243 e. The number of carbonyl (C=O) groups excluding carboxylic acids is 1. The van der Waals surface area contributed by atoms with Gasteiger partial charge in [0.1, 0.15) is 11.6 Å². The van der Waals surface area contributed by atoms with Crippen LogP contribution in [0.2, 0.25) is 0 Å². The van der Waals surface area contributed by atoms with Gasteiger partial charge in [-0.2, -0.15) is 0 Å². The van der Waals surface area contributed by atoms with Gasteiger partial charge in [0.15, 0.2) is 0 Å². The average molecular weight is 420 g/mol. The maximum atomic E-state index is 11.6. The van der Waals surface area contributed by atoms with Gasteiger partial charge in [0.2, 0.25) is 5.91 Å². The van der Waals surface area contributed by atoms with Crippen LogP contribution in [0.15, 0.2) is 60.7 Å². The highest BCUT2D eigenvalue weighted by molar-refractivity contribution is 5.87. The molecule has 31 heavy (non-hydrogen) atoms. The Hall–Kier alpha value is -3.08. The van der Waals surface area contributed by atoms with Crippen LogP contribution in [0.1, 0.15) is 50.9 Å². The first-order valence-electron chi connectivity index (χ1n) is 11.2. The van der Waals surface area contributed by atoms with Crippen LogP contribution in [-0.4, -0.2) is 28.6 Å². The van der Waals surface area contributed by atoms with E-state index in [1.54, 1.807) is 12.2 Å². The molecule has 5 nitrogen and oxygen atoms in total. The van der Waals surface area contributed by atoms with Crippen molar-refractivity contribution in [2.45, 2.75) is 52.5 Å². The highest BCUT2D eigenvalue weighted by atomic mass is 16.5. The van der Waals surface area contributed by atoms with Crippen LogP contribution in [-0.2, 0) is 17.8 Å². The molecule has 1 amide bonds. The maximum absolute atomic E-state index is 11.6. The number of hydrogen-bond acceptors (Lipinski definition) is 3. The zero-order valence-corrected chi connectivity index (χ0v) is 18.8. The second-order valence-electron chi connectivity index (χ2n) is 7.99. The van der Waals surface area contributed by atoms with E-state index < -0.39 is 0 Å². The molecule has 3 aromatic rings. The lowest BCUT2D eigenvalue weighted by atomic mass is 10.0. The Morgan fingerprint density at radius 2 is 1.90 bits per heavy atom. The van der Waals surface area contributed by atoms with Crippen molar-refractivity contribution in [1.82, 2.24) is 14.9 Å². The number of amides is 1. The highest BCUT2D eigenvalue weighted by Crippen LogP contribution is 2.20. The SMILES string of the molecule is C/C=C\C(=O)NCCCc1nc2ccccc2n1CCCOc1ccc(C(C)C)cc1. The van der Waals surface area contributed by atoms with Crippen molar-refractivity contribution in [2.75, 3.05) is 13.2 Å². The van der Waals surface area contributed by atoms with Crippen LogP contribution >= 0.6 is 0 Å². The van der Waals surface area contributed by atoms with E-state index in [-0.39, 0.29) is 5.91 Å². The molecule has 3 rings (SSSR count). The third-order valence-electron chi connectivity index (χ3n) is 5.27. The second-order valence-corrected chi connectivity index (χ2v) is 7.99.